The lowest BCUT2D eigenvalue weighted by Crippen LogP contribution is -2.44. The maximum atomic E-state index is 13.1. The molecule has 0 aromatic heterocycles. The Morgan fingerprint density at radius 3 is 2.68 bits per heavy atom. The number of halogens is 2. The van der Waals surface area contributed by atoms with E-state index >= 15 is 0 Å². The molecule has 28 heavy (non-hydrogen) atoms. The van der Waals surface area contributed by atoms with Crippen molar-refractivity contribution in [2.75, 3.05) is 13.3 Å². The molecule has 3 rings (SSSR count). The van der Waals surface area contributed by atoms with Gasteiger partial charge in [-0.25, -0.2) is 0 Å². The smallest absolute Gasteiger partial charge is 0.263 e. The van der Waals surface area contributed by atoms with E-state index in [0.717, 1.165) is 23.1 Å². The first-order valence-electron chi connectivity index (χ1n) is 9.19. The summed E-state index contributed by atoms with van der Waals surface area (Å²) in [6.45, 7) is 4.59. The molecule has 1 amide bonds. The van der Waals surface area contributed by atoms with E-state index in [1.807, 2.05) is 30.9 Å². The molecule has 1 aliphatic rings. The Bertz CT molecular complexity index is 872. The molecule has 1 atom stereocenters. The van der Waals surface area contributed by atoms with Crippen LogP contribution in [0.5, 0.6) is 11.5 Å². The molecule has 5 nitrogen and oxygen atoms in total. The molecule has 0 spiro atoms. The van der Waals surface area contributed by atoms with Gasteiger partial charge in [-0.15, -0.1) is 0 Å². The van der Waals surface area contributed by atoms with Gasteiger partial charge in [-0.1, -0.05) is 36.2 Å². The molecule has 7 heteroatoms. The summed E-state index contributed by atoms with van der Waals surface area (Å²) in [6, 6.07) is 8.92. The van der Waals surface area contributed by atoms with Gasteiger partial charge in [0, 0.05) is 18.1 Å². The summed E-state index contributed by atoms with van der Waals surface area (Å²) in [7, 11) is 0. The van der Waals surface area contributed by atoms with Crippen LogP contribution in [0.1, 0.15) is 30.0 Å². The summed E-state index contributed by atoms with van der Waals surface area (Å²) in [5.74, 6) is 1.06. The maximum absolute atomic E-state index is 13.1. The molecule has 0 bridgehead atoms. The first-order chi connectivity index (χ1) is 13.4. The quantitative estimate of drug-likeness (QED) is 0.700. The number of rotatable bonds is 6. The third-order valence-electron chi connectivity index (χ3n) is 4.85. The van der Waals surface area contributed by atoms with Gasteiger partial charge in [0.05, 0.1) is 5.02 Å². The maximum Gasteiger partial charge on any atom is 0.263 e. The van der Waals surface area contributed by atoms with E-state index < -0.39 is 6.10 Å². The second-order valence-electron chi connectivity index (χ2n) is 6.76. The van der Waals surface area contributed by atoms with Gasteiger partial charge in [0.1, 0.15) is 11.5 Å². The number of benzene rings is 2. The number of aliphatic hydroxyl groups is 1. The summed E-state index contributed by atoms with van der Waals surface area (Å²) >= 11 is 12.1. The molecule has 0 radical (unpaired) electrons. The third-order valence-corrected chi connectivity index (χ3v) is 5.38. The van der Waals surface area contributed by atoms with Crippen molar-refractivity contribution in [3.63, 3.8) is 0 Å². The number of nitrogens with zero attached hydrogens (tertiary/aromatic N) is 1. The number of hydrogen-bond acceptors (Lipinski definition) is 4. The van der Waals surface area contributed by atoms with Crippen LogP contribution in [-0.4, -0.2) is 35.4 Å². The Labute approximate surface area is 174 Å². The average Bonchev–Trinajstić information content (AvgIpc) is 2.67. The van der Waals surface area contributed by atoms with Crippen molar-refractivity contribution in [3.8, 4) is 11.5 Å². The molecule has 0 saturated heterocycles. The Morgan fingerprint density at radius 2 is 2.00 bits per heavy atom. The highest BCUT2D eigenvalue weighted by Gasteiger charge is 2.28. The van der Waals surface area contributed by atoms with Crippen LogP contribution in [0.2, 0.25) is 10.0 Å². The van der Waals surface area contributed by atoms with Crippen molar-refractivity contribution in [2.24, 2.45) is 0 Å². The molecule has 1 aliphatic heterocycles. The largest absolute Gasteiger partial charge is 0.479 e. The van der Waals surface area contributed by atoms with Gasteiger partial charge in [0.15, 0.2) is 12.9 Å². The van der Waals surface area contributed by atoms with Crippen LogP contribution in [0, 0.1) is 6.92 Å². The number of aliphatic hydroxyl groups excluding tert-OH is 1. The number of carbonyl (C=O) groups excluding carboxylic acids is 1. The zero-order chi connectivity index (χ0) is 20.3. The Hall–Kier alpha value is -1.95. The van der Waals surface area contributed by atoms with Crippen LogP contribution in [-0.2, 0) is 17.8 Å². The molecular weight excluding hydrogens is 401 g/mol. The first-order valence-corrected chi connectivity index (χ1v) is 9.95. The zero-order valence-electron chi connectivity index (χ0n) is 15.9. The summed E-state index contributed by atoms with van der Waals surface area (Å²) in [5, 5.41) is 9.90. The minimum Gasteiger partial charge on any atom is -0.479 e. The Balaban J connectivity index is 1.74. The van der Waals surface area contributed by atoms with Gasteiger partial charge in [-0.05, 0) is 60.7 Å². The normalized spacial score (nSPS) is 14.4. The van der Waals surface area contributed by atoms with Crippen LogP contribution in [0.25, 0.3) is 0 Å². The highest BCUT2D eigenvalue weighted by Crippen LogP contribution is 2.31. The molecule has 1 N–H and O–H groups in total. The molecule has 2 aromatic carbocycles. The molecule has 1 heterocycles. The predicted octanol–water partition coefficient (Wildman–Crippen LogP) is 4.37. The molecule has 0 fully saturated rings. The fraction of sp³-hybridized carbons (Fsp3) is 0.381. The van der Waals surface area contributed by atoms with E-state index in [4.69, 9.17) is 37.8 Å². The van der Waals surface area contributed by atoms with E-state index in [0.29, 0.717) is 41.1 Å². The minimum absolute atomic E-state index is 0.0625. The van der Waals surface area contributed by atoms with Crippen LogP contribution < -0.4 is 9.47 Å². The van der Waals surface area contributed by atoms with Crippen molar-refractivity contribution in [2.45, 2.75) is 39.3 Å². The van der Waals surface area contributed by atoms with Crippen LogP contribution in [0.4, 0.5) is 0 Å². The molecule has 0 aliphatic carbocycles. The van der Waals surface area contributed by atoms with Gasteiger partial charge in [-0.2, -0.15) is 0 Å². The lowest BCUT2D eigenvalue weighted by molar-refractivity contribution is -0.139. The fourth-order valence-corrected chi connectivity index (χ4v) is 3.81. The summed E-state index contributed by atoms with van der Waals surface area (Å²) in [5.41, 5.74) is 3.15. The number of hydrogen-bond donors (Lipinski definition) is 1. The predicted molar refractivity (Wildman–Crippen MR) is 109 cm³/mol. The number of ether oxygens (including phenoxy) is 2. The van der Waals surface area contributed by atoms with Gasteiger partial charge >= 0.3 is 0 Å². The van der Waals surface area contributed by atoms with E-state index in [2.05, 4.69) is 0 Å². The lowest BCUT2D eigenvalue weighted by atomic mass is 9.96. The highest BCUT2D eigenvalue weighted by atomic mass is 35.5. The summed E-state index contributed by atoms with van der Waals surface area (Å²) in [6.07, 6.45) is 0.642. The van der Waals surface area contributed by atoms with Crippen LogP contribution >= 0.6 is 23.2 Å². The molecule has 1 unspecified atom stereocenters. The third kappa shape index (κ3) is 4.54. The fourth-order valence-electron chi connectivity index (χ4n) is 3.36. The Morgan fingerprint density at radius 1 is 1.21 bits per heavy atom. The van der Waals surface area contributed by atoms with Gasteiger partial charge < -0.3 is 19.5 Å². The van der Waals surface area contributed by atoms with E-state index in [9.17, 15) is 4.79 Å². The highest BCUT2D eigenvalue weighted by molar-refractivity contribution is 6.35. The van der Waals surface area contributed by atoms with E-state index in [-0.39, 0.29) is 12.7 Å². The van der Waals surface area contributed by atoms with E-state index in [1.165, 1.54) is 0 Å². The molecular formula is C21H23Cl2NO4. The number of amides is 1. The van der Waals surface area contributed by atoms with Gasteiger partial charge in [0.25, 0.3) is 5.91 Å². The standard InChI is InChI=1S/C21H23Cl2NO4/c1-3-18(28-19-5-4-16(22)10-17(19)23)21(26)24-7-6-14-9-20(27-12-25)13(2)8-15(14)11-24/h4-5,8-10,18,25H,3,6-7,11-12H2,1-2H3. The average molecular weight is 424 g/mol. The second-order valence-corrected chi connectivity index (χ2v) is 7.60. The number of fused-ring (bicyclic) bond motifs is 1. The SMILES string of the molecule is CCC(Oc1ccc(Cl)cc1Cl)C(=O)N1CCc2cc(OCO)c(C)cc2C1. The van der Waals surface area contributed by atoms with Crippen molar-refractivity contribution in [3.05, 3.63) is 57.1 Å². The number of aryl methyl sites for hydroxylation is 1. The number of carbonyl (C=O) groups is 1. The van der Waals surface area contributed by atoms with Crippen molar-refractivity contribution < 1.29 is 19.4 Å². The van der Waals surface area contributed by atoms with E-state index in [1.54, 1.807) is 18.2 Å². The molecule has 2 aromatic rings. The minimum atomic E-state index is -0.613. The summed E-state index contributed by atoms with van der Waals surface area (Å²) < 4.78 is 11.1. The molecule has 0 saturated carbocycles. The van der Waals surface area contributed by atoms with Crippen molar-refractivity contribution in [1.29, 1.82) is 0 Å². The molecule has 150 valence electrons. The van der Waals surface area contributed by atoms with Crippen LogP contribution in [0.3, 0.4) is 0 Å². The van der Waals surface area contributed by atoms with Gasteiger partial charge in [0.2, 0.25) is 0 Å². The van der Waals surface area contributed by atoms with Crippen molar-refractivity contribution >= 4 is 29.1 Å². The zero-order valence-corrected chi connectivity index (χ0v) is 17.4. The van der Waals surface area contributed by atoms with Crippen molar-refractivity contribution in [1.82, 2.24) is 4.90 Å². The second kappa shape index (κ2) is 9.03. The monoisotopic (exact) mass is 423 g/mol. The first kappa shape index (κ1) is 20.8. The topological polar surface area (TPSA) is 59.0 Å². The van der Waals surface area contributed by atoms with Crippen LogP contribution in [0.15, 0.2) is 30.3 Å². The summed E-state index contributed by atoms with van der Waals surface area (Å²) in [4.78, 5) is 14.9. The van der Waals surface area contributed by atoms with Gasteiger partial charge in [-0.3, -0.25) is 4.79 Å². The lowest BCUT2D eigenvalue weighted by Gasteiger charge is -2.32. The Kier molecular flexibility index (Phi) is 6.70.